The fourth-order valence-electron chi connectivity index (χ4n) is 3.03. The van der Waals surface area contributed by atoms with Gasteiger partial charge in [-0.2, -0.15) is 0 Å². The van der Waals surface area contributed by atoms with Crippen LogP contribution >= 0.6 is 0 Å². The molecule has 3 nitrogen and oxygen atoms in total. The van der Waals surface area contributed by atoms with Crippen molar-refractivity contribution >= 4 is 5.69 Å². The van der Waals surface area contributed by atoms with E-state index in [1.165, 1.54) is 30.5 Å². The fourth-order valence-corrected chi connectivity index (χ4v) is 3.03. The van der Waals surface area contributed by atoms with Crippen LogP contribution in [0.4, 0.5) is 5.69 Å². The molecule has 0 radical (unpaired) electrons. The van der Waals surface area contributed by atoms with Gasteiger partial charge in [-0.1, -0.05) is 24.3 Å². The summed E-state index contributed by atoms with van der Waals surface area (Å²) in [4.78, 5) is 2.49. The van der Waals surface area contributed by atoms with Gasteiger partial charge in [-0.25, -0.2) is 0 Å². The van der Waals surface area contributed by atoms with Gasteiger partial charge in [0.15, 0.2) is 0 Å². The van der Waals surface area contributed by atoms with E-state index in [1.807, 2.05) is 0 Å². The minimum absolute atomic E-state index is 0.512. The molecule has 1 saturated heterocycles. The highest BCUT2D eigenvalue weighted by molar-refractivity contribution is 5.46. The average molecular weight is 286 g/mol. The average Bonchev–Trinajstić information content (AvgIpc) is 2.56. The van der Waals surface area contributed by atoms with Crippen molar-refractivity contribution in [1.82, 2.24) is 4.90 Å². The standard InChI is InChI=1S/C18H26N2O/c1-2-4-17(5-3-1)19-18-8-6-16(7-9-18)10-11-20-12-14-21-15-13-20/h2,4,6-9,17,19H,1,3,5,10-15H2. The molecule has 1 aliphatic carbocycles. The SMILES string of the molecule is C1=CC(Nc2ccc(CCN3CCOCC3)cc2)CCC1. The van der Waals surface area contributed by atoms with Gasteiger partial charge in [-0.15, -0.1) is 0 Å². The van der Waals surface area contributed by atoms with Gasteiger partial charge < -0.3 is 10.1 Å². The lowest BCUT2D eigenvalue weighted by atomic mass is 10.0. The zero-order chi connectivity index (χ0) is 14.3. The Labute approximate surface area is 128 Å². The highest BCUT2D eigenvalue weighted by atomic mass is 16.5. The van der Waals surface area contributed by atoms with Crippen molar-refractivity contribution < 1.29 is 4.74 Å². The number of ether oxygens (including phenoxy) is 1. The highest BCUT2D eigenvalue weighted by Gasteiger charge is 2.10. The summed E-state index contributed by atoms with van der Waals surface area (Å²) >= 11 is 0. The molecule has 21 heavy (non-hydrogen) atoms. The van der Waals surface area contributed by atoms with E-state index in [4.69, 9.17) is 4.74 Å². The van der Waals surface area contributed by atoms with Crippen LogP contribution in [0.1, 0.15) is 24.8 Å². The number of rotatable bonds is 5. The van der Waals surface area contributed by atoms with Crippen LogP contribution in [-0.4, -0.2) is 43.8 Å². The number of hydrogen-bond donors (Lipinski definition) is 1. The first-order valence-corrected chi connectivity index (χ1v) is 8.22. The normalized spacial score (nSPS) is 23.1. The van der Waals surface area contributed by atoms with Crippen molar-refractivity contribution in [3.05, 3.63) is 42.0 Å². The molecule has 1 heterocycles. The highest BCUT2D eigenvalue weighted by Crippen LogP contribution is 2.17. The van der Waals surface area contributed by atoms with E-state index in [9.17, 15) is 0 Å². The van der Waals surface area contributed by atoms with E-state index >= 15 is 0 Å². The second-order valence-corrected chi connectivity index (χ2v) is 6.01. The van der Waals surface area contributed by atoms with E-state index in [1.54, 1.807) is 0 Å². The van der Waals surface area contributed by atoms with E-state index < -0.39 is 0 Å². The molecule has 114 valence electrons. The summed E-state index contributed by atoms with van der Waals surface area (Å²) in [6, 6.07) is 9.47. The monoisotopic (exact) mass is 286 g/mol. The third-order valence-electron chi connectivity index (χ3n) is 4.38. The molecule has 0 spiro atoms. The second-order valence-electron chi connectivity index (χ2n) is 6.01. The van der Waals surface area contributed by atoms with E-state index in [2.05, 4.69) is 46.6 Å². The lowest BCUT2D eigenvalue weighted by Gasteiger charge is -2.26. The molecule has 2 aliphatic rings. The number of morpholine rings is 1. The van der Waals surface area contributed by atoms with Crippen molar-refractivity contribution in [2.45, 2.75) is 31.7 Å². The molecule has 3 heteroatoms. The maximum Gasteiger partial charge on any atom is 0.0594 e. The predicted molar refractivity (Wildman–Crippen MR) is 87.8 cm³/mol. The van der Waals surface area contributed by atoms with Crippen LogP contribution < -0.4 is 5.32 Å². The third-order valence-corrected chi connectivity index (χ3v) is 4.38. The number of nitrogens with zero attached hydrogens (tertiary/aromatic N) is 1. The van der Waals surface area contributed by atoms with E-state index in [0.717, 1.165) is 39.3 Å². The second kappa shape index (κ2) is 7.62. The first-order chi connectivity index (χ1) is 10.4. The molecule has 1 aromatic carbocycles. The smallest absolute Gasteiger partial charge is 0.0594 e. The van der Waals surface area contributed by atoms with Crippen molar-refractivity contribution in [3.8, 4) is 0 Å². The van der Waals surface area contributed by atoms with E-state index in [-0.39, 0.29) is 0 Å². The summed E-state index contributed by atoms with van der Waals surface area (Å²) in [6.45, 7) is 5.07. The van der Waals surface area contributed by atoms with E-state index in [0.29, 0.717) is 6.04 Å². The van der Waals surface area contributed by atoms with Crippen LogP contribution in [0.25, 0.3) is 0 Å². The Balaban J connectivity index is 1.46. The molecule has 0 saturated carbocycles. The Hall–Kier alpha value is -1.32. The molecular weight excluding hydrogens is 260 g/mol. The Morgan fingerprint density at radius 3 is 2.67 bits per heavy atom. The first-order valence-electron chi connectivity index (χ1n) is 8.22. The summed E-state index contributed by atoms with van der Waals surface area (Å²) < 4.78 is 5.38. The van der Waals surface area contributed by atoms with Gasteiger partial charge in [0, 0.05) is 31.4 Å². The molecule has 1 atom stereocenters. The van der Waals surface area contributed by atoms with Crippen LogP contribution in [-0.2, 0) is 11.2 Å². The number of nitrogens with one attached hydrogen (secondary N) is 1. The summed E-state index contributed by atoms with van der Waals surface area (Å²) in [6.07, 6.45) is 9.50. The Bertz CT molecular complexity index is 449. The molecule has 0 aromatic heterocycles. The van der Waals surface area contributed by atoms with Gasteiger partial charge in [0.1, 0.15) is 0 Å². The van der Waals surface area contributed by atoms with Gasteiger partial charge in [0.2, 0.25) is 0 Å². The van der Waals surface area contributed by atoms with Crippen LogP contribution in [0.15, 0.2) is 36.4 Å². The summed E-state index contributed by atoms with van der Waals surface area (Å²) in [7, 11) is 0. The van der Waals surface area contributed by atoms with Gasteiger partial charge >= 0.3 is 0 Å². The molecule has 1 N–H and O–H groups in total. The number of hydrogen-bond acceptors (Lipinski definition) is 3. The van der Waals surface area contributed by atoms with Gasteiger partial charge in [0.05, 0.1) is 13.2 Å². The van der Waals surface area contributed by atoms with Crippen molar-refractivity contribution in [1.29, 1.82) is 0 Å². The summed E-state index contributed by atoms with van der Waals surface area (Å²) in [5.74, 6) is 0. The maximum absolute atomic E-state index is 5.38. The maximum atomic E-state index is 5.38. The van der Waals surface area contributed by atoms with Gasteiger partial charge in [-0.3, -0.25) is 4.90 Å². The number of anilines is 1. The third kappa shape index (κ3) is 4.58. The minimum Gasteiger partial charge on any atom is -0.379 e. The summed E-state index contributed by atoms with van der Waals surface area (Å²) in [5.41, 5.74) is 2.66. The number of benzene rings is 1. The molecular formula is C18H26N2O. The molecule has 1 aromatic rings. The van der Waals surface area contributed by atoms with Crippen LogP contribution in [0.5, 0.6) is 0 Å². The van der Waals surface area contributed by atoms with Crippen molar-refractivity contribution in [2.75, 3.05) is 38.2 Å². The first kappa shape index (κ1) is 14.6. The molecule has 1 aliphatic heterocycles. The van der Waals surface area contributed by atoms with Gasteiger partial charge in [0.25, 0.3) is 0 Å². The van der Waals surface area contributed by atoms with Gasteiger partial charge in [-0.05, 0) is 43.4 Å². The molecule has 3 rings (SSSR count). The number of allylic oxidation sites excluding steroid dienone is 1. The van der Waals surface area contributed by atoms with Crippen molar-refractivity contribution in [2.24, 2.45) is 0 Å². The van der Waals surface area contributed by atoms with Crippen molar-refractivity contribution in [3.63, 3.8) is 0 Å². The zero-order valence-electron chi connectivity index (χ0n) is 12.8. The largest absolute Gasteiger partial charge is 0.379 e. The molecule has 0 amide bonds. The molecule has 1 fully saturated rings. The molecule has 1 unspecified atom stereocenters. The summed E-state index contributed by atoms with van der Waals surface area (Å²) in [5, 5.41) is 3.60. The Morgan fingerprint density at radius 2 is 1.95 bits per heavy atom. The quantitative estimate of drug-likeness (QED) is 0.842. The van der Waals surface area contributed by atoms with Crippen LogP contribution in [0.2, 0.25) is 0 Å². The zero-order valence-corrected chi connectivity index (χ0v) is 12.8. The van der Waals surface area contributed by atoms with Crippen LogP contribution in [0, 0.1) is 0 Å². The minimum atomic E-state index is 0.512. The Morgan fingerprint density at radius 1 is 1.14 bits per heavy atom. The Kier molecular flexibility index (Phi) is 5.30. The van der Waals surface area contributed by atoms with Crippen LogP contribution in [0.3, 0.4) is 0 Å². The topological polar surface area (TPSA) is 24.5 Å². The fraction of sp³-hybridized carbons (Fsp3) is 0.556. The lowest BCUT2D eigenvalue weighted by molar-refractivity contribution is 0.0384. The predicted octanol–water partition coefficient (Wildman–Crippen LogP) is 3.08. The molecule has 0 bridgehead atoms. The lowest BCUT2D eigenvalue weighted by Crippen LogP contribution is -2.37.